The summed E-state index contributed by atoms with van der Waals surface area (Å²) in [5.41, 5.74) is 0.190. The minimum absolute atomic E-state index is 0.00495. The molecule has 6 nitrogen and oxygen atoms in total. The number of aliphatic hydroxyl groups is 1. The standard InChI is InChI=1S/C20H22F5N3O3/c1-9-12(19(31)27-14-4-5-16(20(23,24)25)28-18(9)14)7-17(30)26-15(8-29)11-3-2-10(21)6-13(11)22/h2-3,6,14-16,18,28-29H,4-5,7-8H2,1H3,(H,26,30)(H,27,31)/t14?,15-,16?,18?/m0/s1. The molecule has 0 spiro atoms. The average Bonchev–Trinajstić information content (AvgIpc) is 2.68. The zero-order valence-electron chi connectivity index (χ0n) is 16.5. The van der Waals surface area contributed by atoms with Crippen molar-refractivity contribution in [2.75, 3.05) is 6.61 Å². The number of alkyl halides is 3. The Morgan fingerprint density at radius 2 is 2.00 bits per heavy atom. The monoisotopic (exact) mass is 447 g/mol. The third-order valence-corrected chi connectivity index (χ3v) is 5.67. The third-order valence-electron chi connectivity index (χ3n) is 5.67. The van der Waals surface area contributed by atoms with Gasteiger partial charge in [0.05, 0.1) is 19.1 Å². The van der Waals surface area contributed by atoms with Gasteiger partial charge in [-0.25, -0.2) is 8.78 Å². The third kappa shape index (κ3) is 5.04. The Morgan fingerprint density at radius 1 is 1.29 bits per heavy atom. The van der Waals surface area contributed by atoms with Gasteiger partial charge in [0.1, 0.15) is 17.7 Å². The van der Waals surface area contributed by atoms with E-state index >= 15 is 0 Å². The molecule has 170 valence electrons. The van der Waals surface area contributed by atoms with Gasteiger partial charge in [-0.1, -0.05) is 6.07 Å². The Bertz CT molecular complexity index is 903. The van der Waals surface area contributed by atoms with Gasteiger partial charge in [0.15, 0.2) is 0 Å². The zero-order valence-corrected chi connectivity index (χ0v) is 16.5. The minimum Gasteiger partial charge on any atom is -0.394 e. The lowest BCUT2D eigenvalue weighted by molar-refractivity contribution is -0.163. The van der Waals surface area contributed by atoms with Crippen molar-refractivity contribution in [1.82, 2.24) is 16.0 Å². The van der Waals surface area contributed by atoms with Crippen LogP contribution in [0.25, 0.3) is 0 Å². The van der Waals surface area contributed by atoms with Crippen molar-refractivity contribution in [3.8, 4) is 0 Å². The number of piperidine rings is 1. The minimum atomic E-state index is -4.43. The van der Waals surface area contributed by atoms with Crippen molar-refractivity contribution >= 4 is 11.8 Å². The molecule has 1 fully saturated rings. The van der Waals surface area contributed by atoms with Gasteiger partial charge in [-0.3, -0.25) is 14.9 Å². The second-order valence-electron chi connectivity index (χ2n) is 7.70. The van der Waals surface area contributed by atoms with Crippen LogP contribution in [0.2, 0.25) is 0 Å². The molecule has 2 aliphatic rings. The molecular weight excluding hydrogens is 425 g/mol. The highest BCUT2D eigenvalue weighted by atomic mass is 19.4. The molecular formula is C20H22F5N3O3. The van der Waals surface area contributed by atoms with Gasteiger partial charge in [0, 0.05) is 29.3 Å². The predicted molar refractivity (Wildman–Crippen MR) is 99.6 cm³/mol. The highest BCUT2D eigenvalue weighted by molar-refractivity contribution is 6.00. The topological polar surface area (TPSA) is 90.5 Å². The quantitative estimate of drug-likeness (QED) is 0.520. The summed E-state index contributed by atoms with van der Waals surface area (Å²) in [4.78, 5) is 24.9. The summed E-state index contributed by atoms with van der Waals surface area (Å²) >= 11 is 0. The van der Waals surface area contributed by atoms with Crippen LogP contribution in [-0.2, 0) is 9.59 Å². The molecule has 31 heavy (non-hydrogen) atoms. The van der Waals surface area contributed by atoms with Crippen molar-refractivity contribution in [2.24, 2.45) is 0 Å². The molecule has 2 heterocycles. The second-order valence-corrected chi connectivity index (χ2v) is 7.70. The van der Waals surface area contributed by atoms with Crippen LogP contribution in [0.4, 0.5) is 22.0 Å². The van der Waals surface area contributed by atoms with Crippen molar-refractivity contribution in [3.63, 3.8) is 0 Å². The van der Waals surface area contributed by atoms with E-state index < -0.39 is 66.8 Å². The molecule has 0 aliphatic carbocycles. The lowest BCUT2D eigenvalue weighted by Crippen LogP contribution is -2.63. The molecule has 0 aromatic heterocycles. The summed E-state index contributed by atoms with van der Waals surface area (Å²) in [6, 6.07) is -1.53. The average molecular weight is 447 g/mol. The lowest BCUT2D eigenvalue weighted by Gasteiger charge is -2.42. The number of hydrogen-bond donors (Lipinski definition) is 4. The van der Waals surface area contributed by atoms with Gasteiger partial charge in [-0.2, -0.15) is 13.2 Å². The first-order valence-electron chi connectivity index (χ1n) is 9.69. The summed E-state index contributed by atoms with van der Waals surface area (Å²) < 4.78 is 66.4. The van der Waals surface area contributed by atoms with Crippen LogP contribution in [0.3, 0.4) is 0 Å². The van der Waals surface area contributed by atoms with E-state index in [1.807, 2.05) is 0 Å². The number of aliphatic hydroxyl groups excluding tert-OH is 1. The van der Waals surface area contributed by atoms with Gasteiger partial charge in [-0.15, -0.1) is 0 Å². The van der Waals surface area contributed by atoms with E-state index in [-0.39, 0.29) is 24.0 Å². The lowest BCUT2D eigenvalue weighted by atomic mass is 9.83. The van der Waals surface area contributed by atoms with Crippen molar-refractivity contribution in [3.05, 3.63) is 46.5 Å². The number of nitrogens with one attached hydrogen (secondary N) is 3. The summed E-state index contributed by atoms with van der Waals surface area (Å²) in [5, 5.41) is 17.0. The largest absolute Gasteiger partial charge is 0.403 e. The van der Waals surface area contributed by atoms with E-state index in [1.165, 1.54) is 6.92 Å². The van der Waals surface area contributed by atoms with Crippen LogP contribution >= 0.6 is 0 Å². The molecule has 2 amide bonds. The van der Waals surface area contributed by atoms with Gasteiger partial charge in [0.2, 0.25) is 11.8 Å². The molecule has 4 atom stereocenters. The number of carbonyl (C=O) groups excluding carboxylic acids is 2. The number of carbonyl (C=O) groups is 2. The molecule has 1 aromatic rings. The van der Waals surface area contributed by atoms with E-state index in [0.29, 0.717) is 11.6 Å². The highest BCUT2D eigenvalue weighted by Gasteiger charge is 2.47. The number of amides is 2. The van der Waals surface area contributed by atoms with E-state index in [4.69, 9.17) is 0 Å². The first-order valence-corrected chi connectivity index (χ1v) is 9.69. The van der Waals surface area contributed by atoms with Crippen LogP contribution in [-0.4, -0.2) is 47.8 Å². The number of benzene rings is 1. The Morgan fingerprint density at radius 3 is 2.61 bits per heavy atom. The predicted octanol–water partition coefficient (Wildman–Crippen LogP) is 2.00. The number of hydrogen-bond acceptors (Lipinski definition) is 4. The first-order chi connectivity index (χ1) is 14.5. The maximum atomic E-state index is 14.0. The number of fused-ring (bicyclic) bond motifs is 1. The summed E-state index contributed by atoms with van der Waals surface area (Å²) in [5.74, 6) is -3.09. The van der Waals surface area contributed by atoms with Crippen LogP contribution in [0.5, 0.6) is 0 Å². The second kappa shape index (κ2) is 8.91. The van der Waals surface area contributed by atoms with Crippen LogP contribution < -0.4 is 16.0 Å². The van der Waals surface area contributed by atoms with Gasteiger partial charge >= 0.3 is 6.18 Å². The summed E-state index contributed by atoms with van der Waals surface area (Å²) in [6.45, 7) is 0.811. The molecule has 4 N–H and O–H groups in total. The Hall–Kier alpha value is -2.53. The maximum Gasteiger partial charge on any atom is 0.403 e. The molecule has 2 aliphatic heterocycles. The maximum absolute atomic E-state index is 14.0. The fourth-order valence-electron chi connectivity index (χ4n) is 4.02. The molecule has 3 rings (SSSR count). The van der Waals surface area contributed by atoms with Crippen molar-refractivity contribution < 1.29 is 36.6 Å². The SMILES string of the molecule is CC1=C(CC(=O)N[C@@H](CO)c2ccc(F)cc2F)C(=O)NC2CCC(C(F)(F)F)NC12. The number of rotatable bonds is 5. The van der Waals surface area contributed by atoms with E-state index in [0.717, 1.165) is 12.1 Å². The van der Waals surface area contributed by atoms with Gasteiger partial charge < -0.3 is 15.7 Å². The summed E-state index contributed by atoms with van der Waals surface area (Å²) in [6.07, 6.45) is -4.94. The van der Waals surface area contributed by atoms with Gasteiger partial charge in [-0.05, 0) is 31.4 Å². The highest BCUT2D eigenvalue weighted by Crippen LogP contribution is 2.33. The van der Waals surface area contributed by atoms with E-state index in [2.05, 4.69) is 16.0 Å². The molecule has 0 radical (unpaired) electrons. The molecule has 1 aromatic carbocycles. The van der Waals surface area contributed by atoms with Crippen molar-refractivity contribution in [1.29, 1.82) is 0 Å². The Labute approximate surface area is 174 Å². The molecule has 11 heteroatoms. The zero-order chi connectivity index (χ0) is 22.9. The fourth-order valence-corrected chi connectivity index (χ4v) is 4.02. The number of halogens is 5. The van der Waals surface area contributed by atoms with Crippen LogP contribution in [0.15, 0.2) is 29.3 Å². The van der Waals surface area contributed by atoms with E-state index in [1.54, 1.807) is 0 Å². The van der Waals surface area contributed by atoms with Crippen molar-refractivity contribution in [2.45, 2.75) is 56.5 Å². The Kier molecular flexibility index (Phi) is 6.65. The smallest absolute Gasteiger partial charge is 0.394 e. The summed E-state index contributed by atoms with van der Waals surface area (Å²) in [7, 11) is 0. The van der Waals surface area contributed by atoms with Crippen LogP contribution in [0, 0.1) is 11.6 Å². The molecule has 3 unspecified atom stereocenters. The normalized spacial score (nSPS) is 25.0. The Balaban J connectivity index is 1.75. The van der Waals surface area contributed by atoms with E-state index in [9.17, 15) is 36.6 Å². The van der Waals surface area contributed by atoms with Gasteiger partial charge in [0.25, 0.3) is 0 Å². The van der Waals surface area contributed by atoms with Crippen LogP contribution in [0.1, 0.15) is 37.8 Å². The molecule has 0 bridgehead atoms. The fraction of sp³-hybridized carbons (Fsp3) is 0.500. The first kappa shape index (κ1) is 23.1. The molecule has 1 saturated heterocycles. The molecule has 0 saturated carbocycles.